The highest BCUT2D eigenvalue weighted by atomic mass is 35.5. The van der Waals surface area contributed by atoms with Crippen molar-refractivity contribution >= 4 is 34.8 Å². The number of para-hydroxylation sites is 1. The fraction of sp³-hybridized carbons (Fsp3) is 0.263. The van der Waals surface area contributed by atoms with Gasteiger partial charge in [0.15, 0.2) is 0 Å². The molecule has 24 heavy (non-hydrogen) atoms. The lowest BCUT2D eigenvalue weighted by Gasteiger charge is -2.20. The molecule has 1 aliphatic heterocycles. The van der Waals surface area contributed by atoms with E-state index in [0.29, 0.717) is 5.02 Å². The number of fused-ring (bicyclic) bond motifs is 1. The number of hydrogen-bond acceptors (Lipinski definition) is 2. The predicted molar refractivity (Wildman–Crippen MR) is 96.6 cm³/mol. The van der Waals surface area contributed by atoms with E-state index in [2.05, 4.69) is 5.32 Å². The zero-order valence-electron chi connectivity index (χ0n) is 13.9. The van der Waals surface area contributed by atoms with Gasteiger partial charge in [0.25, 0.3) is 0 Å². The number of carbonyl (C=O) groups excluding carboxylic acids is 2. The normalized spacial score (nSPS) is 15.3. The van der Waals surface area contributed by atoms with Gasteiger partial charge in [-0.2, -0.15) is 0 Å². The first-order chi connectivity index (χ1) is 11.3. The number of aryl methyl sites for hydroxylation is 1. The molecular formula is C19H19ClN2O2. The number of amides is 2. The molecule has 2 amide bonds. The molecule has 0 unspecified atom stereocenters. The largest absolute Gasteiger partial charge is 0.324 e. The summed E-state index contributed by atoms with van der Waals surface area (Å²) in [5.41, 5.74) is 2.64. The van der Waals surface area contributed by atoms with Crippen LogP contribution in [0.4, 0.5) is 11.4 Å². The zero-order valence-corrected chi connectivity index (χ0v) is 14.6. The molecule has 2 aromatic rings. The maximum absolute atomic E-state index is 12.8. The van der Waals surface area contributed by atoms with Crippen LogP contribution in [0.5, 0.6) is 0 Å². The molecule has 2 aromatic carbocycles. The fourth-order valence-corrected chi connectivity index (χ4v) is 3.18. The molecule has 0 radical (unpaired) electrons. The van der Waals surface area contributed by atoms with Gasteiger partial charge in [-0.3, -0.25) is 9.59 Å². The summed E-state index contributed by atoms with van der Waals surface area (Å²) >= 11 is 6.07. The molecule has 0 saturated carbocycles. The van der Waals surface area contributed by atoms with Crippen molar-refractivity contribution in [3.05, 3.63) is 58.6 Å². The molecule has 1 N–H and O–H groups in total. The molecule has 3 rings (SSSR count). The summed E-state index contributed by atoms with van der Waals surface area (Å²) in [5, 5.41) is 3.45. The van der Waals surface area contributed by atoms with E-state index in [1.54, 1.807) is 18.2 Å². The average Bonchev–Trinajstić information content (AvgIpc) is 2.71. The Morgan fingerprint density at radius 2 is 1.92 bits per heavy atom. The van der Waals surface area contributed by atoms with Crippen LogP contribution in [0.1, 0.15) is 25.0 Å². The third kappa shape index (κ3) is 2.78. The molecule has 0 atom stereocenters. The maximum atomic E-state index is 12.8. The second kappa shape index (κ2) is 5.95. The van der Waals surface area contributed by atoms with E-state index in [-0.39, 0.29) is 18.4 Å². The minimum atomic E-state index is -0.691. The summed E-state index contributed by atoms with van der Waals surface area (Å²) in [5.74, 6) is -0.323. The SMILES string of the molecule is Cc1ccccc1NC(=O)CN1C(=O)C(C)(C)c2cc(Cl)ccc21. The van der Waals surface area contributed by atoms with Crippen molar-refractivity contribution in [1.82, 2.24) is 0 Å². The van der Waals surface area contributed by atoms with E-state index in [1.165, 1.54) is 4.90 Å². The van der Waals surface area contributed by atoms with Crippen LogP contribution in [-0.4, -0.2) is 18.4 Å². The van der Waals surface area contributed by atoms with Crippen LogP contribution in [0.3, 0.4) is 0 Å². The van der Waals surface area contributed by atoms with Crippen LogP contribution in [0, 0.1) is 6.92 Å². The first kappa shape index (κ1) is 16.5. The highest BCUT2D eigenvalue weighted by molar-refractivity contribution is 6.31. The molecule has 0 saturated heterocycles. The maximum Gasteiger partial charge on any atom is 0.244 e. The number of nitrogens with zero attached hydrogens (tertiary/aromatic N) is 1. The smallest absolute Gasteiger partial charge is 0.244 e. The van der Waals surface area contributed by atoms with Crippen LogP contribution < -0.4 is 10.2 Å². The first-order valence-corrected chi connectivity index (χ1v) is 8.16. The predicted octanol–water partition coefficient (Wildman–Crippen LogP) is 3.91. The second-order valence-corrected chi connectivity index (χ2v) is 6.98. The highest BCUT2D eigenvalue weighted by Crippen LogP contribution is 2.42. The van der Waals surface area contributed by atoms with Gasteiger partial charge >= 0.3 is 0 Å². The van der Waals surface area contributed by atoms with Crippen LogP contribution in [-0.2, 0) is 15.0 Å². The summed E-state index contributed by atoms with van der Waals surface area (Å²) in [6.45, 7) is 5.61. The van der Waals surface area contributed by atoms with Gasteiger partial charge in [-0.15, -0.1) is 0 Å². The Labute approximate surface area is 146 Å². The topological polar surface area (TPSA) is 49.4 Å². The first-order valence-electron chi connectivity index (χ1n) is 7.78. The number of halogens is 1. The minimum Gasteiger partial charge on any atom is -0.324 e. The standard InChI is InChI=1S/C19H19ClN2O2/c1-12-6-4-5-7-15(12)21-17(23)11-22-16-9-8-13(20)10-14(16)19(2,3)18(22)24/h4-10H,11H2,1-3H3,(H,21,23). The van der Waals surface area contributed by atoms with Crippen molar-refractivity contribution in [2.45, 2.75) is 26.2 Å². The Bertz CT molecular complexity index is 830. The van der Waals surface area contributed by atoms with E-state index in [9.17, 15) is 9.59 Å². The van der Waals surface area contributed by atoms with Gasteiger partial charge < -0.3 is 10.2 Å². The molecule has 0 fully saturated rings. The van der Waals surface area contributed by atoms with E-state index in [1.807, 2.05) is 45.0 Å². The third-order valence-corrected chi connectivity index (χ3v) is 4.66. The van der Waals surface area contributed by atoms with Crippen LogP contribution in [0.25, 0.3) is 0 Å². The number of benzene rings is 2. The Kier molecular flexibility index (Phi) is 4.10. The summed E-state index contributed by atoms with van der Waals surface area (Å²) in [6.07, 6.45) is 0. The number of rotatable bonds is 3. The Balaban J connectivity index is 1.85. The molecule has 4 nitrogen and oxygen atoms in total. The minimum absolute atomic E-state index is 0.0226. The second-order valence-electron chi connectivity index (χ2n) is 6.54. The molecule has 5 heteroatoms. The van der Waals surface area contributed by atoms with Crippen molar-refractivity contribution < 1.29 is 9.59 Å². The van der Waals surface area contributed by atoms with Crippen molar-refractivity contribution in [3.63, 3.8) is 0 Å². The number of nitrogens with one attached hydrogen (secondary N) is 1. The molecule has 124 valence electrons. The Morgan fingerprint density at radius 3 is 2.62 bits per heavy atom. The van der Waals surface area contributed by atoms with E-state index in [0.717, 1.165) is 22.5 Å². The molecular weight excluding hydrogens is 324 g/mol. The summed E-state index contributed by atoms with van der Waals surface area (Å²) in [7, 11) is 0. The number of anilines is 2. The van der Waals surface area contributed by atoms with Gasteiger partial charge in [0.1, 0.15) is 6.54 Å². The van der Waals surface area contributed by atoms with Crippen LogP contribution >= 0.6 is 11.6 Å². The third-order valence-electron chi connectivity index (χ3n) is 4.42. The van der Waals surface area contributed by atoms with Crippen LogP contribution in [0.15, 0.2) is 42.5 Å². The van der Waals surface area contributed by atoms with Crippen LogP contribution in [0.2, 0.25) is 5.02 Å². The molecule has 0 aliphatic carbocycles. The Morgan fingerprint density at radius 1 is 1.21 bits per heavy atom. The molecule has 1 heterocycles. The monoisotopic (exact) mass is 342 g/mol. The number of hydrogen-bond donors (Lipinski definition) is 1. The van der Waals surface area contributed by atoms with E-state index in [4.69, 9.17) is 11.6 Å². The zero-order chi connectivity index (χ0) is 17.5. The molecule has 0 bridgehead atoms. The molecule has 1 aliphatic rings. The van der Waals surface area contributed by atoms with Crippen molar-refractivity contribution in [2.24, 2.45) is 0 Å². The van der Waals surface area contributed by atoms with Crippen molar-refractivity contribution in [3.8, 4) is 0 Å². The highest BCUT2D eigenvalue weighted by Gasteiger charge is 2.44. The lowest BCUT2D eigenvalue weighted by atomic mass is 9.86. The summed E-state index contributed by atoms with van der Waals surface area (Å²) < 4.78 is 0. The fourth-order valence-electron chi connectivity index (χ4n) is 3.01. The van der Waals surface area contributed by atoms with Gasteiger partial charge in [-0.25, -0.2) is 0 Å². The number of carbonyl (C=O) groups is 2. The average molecular weight is 343 g/mol. The quantitative estimate of drug-likeness (QED) is 0.919. The molecule has 0 aromatic heterocycles. The van der Waals surface area contributed by atoms with Gasteiger partial charge in [0.05, 0.1) is 5.41 Å². The summed E-state index contributed by atoms with van der Waals surface area (Å²) in [6, 6.07) is 12.9. The van der Waals surface area contributed by atoms with E-state index >= 15 is 0 Å². The van der Waals surface area contributed by atoms with Gasteiger partial charge in [0.2, 0.25) is 11.8 Å². The summed E-state index contributed by atoms with van der Waals surface area (Å²) in [4.78, 5) is 26.7. The van der Waals surface area contributed by atoms with E-state index < -0.39 is 5.41 Å². The lowest BCUT2D eigenvalue weighted by Crippen LogP contribution is -2.40. The van der Waals surface area contributed by atoms with Gasteiger partial charge in [0, 0.05) is 16.4 Å². The van der Waals surface area contributed by atoms with Gasteiger partial charge in [-0.1, -0.05) is 29.8 Å². The molecule has 0 spiro atoms. The lowest BCUT2D eigenvalue weighted by molar-refractivity contribution is -0.124. The Hall–Kier alpha value is -2.33. The van der Waals surface area contributed by atoms with Crippen molar-refractivity contribution in [1.29, 1.82) is 0 Å². The van der Waals surface area contributed by atoms with Gasteiger partial charge in [-0.05, 0) is 56.2 Å². The van der Waals surface area contributed by atoms with Crippen molar-refractivity contribution in [2.75, 3.05) is 16.8 Å².